The van der Waals surface area contributed by atoms with Gasteiger partial charge in [-0.05, 0) is 47.5 Å². The largest absolute Gasteiger partial charge is 0.356 e. The van der Waals surface area contributed by atoms with Crippen LogP contribution in [0.1, 0.15) is 82.1 Å². The Morgan fingerprint density at radius 3 is 1.68 bits per heavy atom. The molecule has 0 saturated carbocycles. The number of carbonyl (C=O) groups excluding carboxylic acids is 1. The van der Waals surface area contributed by atoms with Crippen molar-refractivity contribution in [1.29, 1.82) is 0 Å². The lowest BCUT2D eigenvalue weighted by Crippen LogP contribution is -2.53. The third-order valence-corrected chi connectivity index (χ3v) is 2.27. The summed E-state index contributed by atoms with van der Waals surface area (Å²) in [5.74, 6) is 0. The molecular weight excluding hydrogens is 236 g/mol. The number of amides is 1. The minimum Gasteiger partial charge on any atom is -0.356 e. The van der Waals surface area contributed by atoms with Crippen molar-refractivity contribution in [2.45, 2.75) is 99.2 Å². The van der Waals surface area contributed by atoms with E-state index in [9.17, 15) is 4.79 Å². The number of nitrogens with one attached hydrogen (secondary N) is 2. The molecular formula is C16H38N2O. The van der Waals surface area contributed by atoms with Gasteiger partial charge < -0.3 is 10.6 Å². The van der Waals surface area contributed by atoms with Gasteiger partial charge in [0.2, 0.25) is 6.41 Å². The Bertz CT molecular complexity index is 195. The highest BCUT2D eigenvalue weighted by molar-refractivity contribution is 5.46. The van der Waals surface area contributed by atoms with Gasteiger partial charge in [0, 0.05) is 17.1 Å². The summed E-state index contributed by atoms with van der Waals surface area (Å²) in [6.07, 6.45) is 2.70. The van der Waals surface area contributed by atoms with E-state index in [-0.39, 0.29) is 17.1 Å². The van der Waals surface area contributed by atoms with E-state index in [1.165, 1.54) is 0 Å². The van der Waals surface area contributed by atoms with Crippen molar-refractivity contribution in [3.8, 4) is 0 Å². The topological polar surface area (TPSA) is 41.1 Å². The average molecular weight is 274 g/mol. The van der Waals surface area contributed by atoms with Gasteiger partial charge in [-0.25, -0.2) is 0 Å². The van der Waals surface area contributed by atoms with E-state index in [0.717, 1.165) is 19.3 Å². The fourth-order valence-corrected chi connectivity index (χ4v) is 2.10. The molecule has 3 heteroatoms. The predicted octanol–water partition coefficient (Wildman–Crippen LogP) is 4.12. The second kappa shape index (κ2) is 12.5. The molecule has 0 fully saturated rings. The summed E-state index contributed by atoms with van der Waals surface area (Å²) in [6.45, 7) is 20.9. The molecule has 0 rings (SSSR count). The molecule has 0 aromatic rings. The van der Waals surface area contributed by atoms with Crippen LogP contribution in [0, 0.1) is 0 Å². The van der Waals surface area contributed by atoms with Crippen LogP contribution >= 0.6 is 0 Å². The van der Waals surface area contributed by atoms with E-state index in [4.69, 9.17) is 0 Å². The summed E-state index contributed by atoms with van der Waals surface area (Å²) in [5, 5.41) is 6.42. The molecule has 0 aromatic heterocycles. The summed E-state index contributed by atoms with van der Waals surface area (Å²) in [4.78, 5) is 10.4. The van der Waals surface area contributed by atoms with Crippen molar-refractivity contribution in [1.82, 2.24) is 10.6 Å². The van der Waals surface area contributed by atoms with Gasteiger partial charge in [-0.15, -0.1) is 0 Å². The van der Waals surface area contributed by atoms with Gasteiger partial charge in [0.1, 0.15) is 0 Å². The highest BCUT2D eigenvalue weighted by Gasteiger charge is 2.26. The minimum absolute atomic E-state index is 0.0366. The Balaban J connectivity index is -0.000000579. The molecule has 0 bridgehead atoms. The molecule has 0 spiro atoms. The molecule has 1 atom stereocenters. The molecule has 0 heterocycles. The first-order valence-corrected chi connectivity index (χ1v) is 7.69. The van der Waals surface area contributed by atoms with Crippen LogP contribution in [0.15, 0.2) is 0 Å². The van der Waals surface area contributed by atoms with Crippen molar-refractivity contribution in [3.05, 3.63) is 0 Å². The van der Waals surface area contributed by atoms with Gasteiger partial charge in [0.25, 0.3) is 0 Å². The van der Waals surface area contributed by atoms with Gasteiger partial charge >= 0.3 is 0 Å². The first-order chi connectivity index (χ1) is 8.70. The molecule has 3 nitrogen and oxygen atoms in total. The highest BCUT2D eigenvalue weighted by atomic mass is 16.1. The van der Waals surface area contributed by atoms with Crippen molar-refractivity contribution < 1.29 is 4.79 Å². The van der Waals surface area contributed by atoms with Crippen LogP contribution < -0.4 is 10.6 Å². The molecule has 0 aliphatic heterocycles. The zero-order valence-corrected chi connectivity index (χ0v) is 15.0. The molecule has 0 aliphatic carbocycles. The van der Waals surface area contributed by atoms with Crippen LogP contribution in [0.3, 0.4) is 0 Å². The van der Waals surface area contributed by atoms with Crippen LogP contribution in [-0.4, -0.2) is 23.5 Å². The Hall–Kier alpha value is -0.570. The molecule has 0 radical (unpaired) electrons. The summed E-state index contributed by atoms with van der Waals surface area (Å²) in [5.41, 5.74) is 0.137. The number of carbonyl (C=O) groups is 1. The predicted molar refractivity (Wildman–Crippen MR) is 87.6 cm³/mol. The van der Waals surface area contributed by atoms with E-state index < -0.39 is 0 Å². The Morgan fingerprint density at radius 1 is 1.00 bits per heavy atom. The lowest BCUT2D eigenvalue weighted by molar-refractivity contribution is -0.110. The zero-order valence-electron chi connectivity index (χ0n) is 15.0. The molecule has 0 saturated heterocycles. The molecule has 1 unspecified atom stereocenters. The second-order valence-electron chi connectivity index (χ2n) is 5.85. The van der Waals surface area contributed by atoms with Crippen molar-refractivity contribution in [2.24, 2.45) is 0 Å². The van der Waals surface area contributed by atoms with Crippen LogP contribution in [0.2, 0.25) is 0 Å². The van der Waals surface area contributed by atoms with E-state index in [0.29, 0.717) is 0 Å². The van der Waals surface area contributed by atoms with Crippen LogP contribution in [-0.2, 0) is 4.79 Å². The summed E-state index contributed by atoms with van der Waals surface area (Å²) >= 11 is 0. The molecule has 118 valence electrons. The normalized spacial score (nSPS) is 12.3. The fourth-order valence-electron chi connectivity index (χ4n) is 2.10. The van der Waals surface area contributed by atoms with Gasteiger partial charge in [-0.3, -0.25) is 4.79 Å². The van der Waals surface area contributed by atoms with Crippen LogP contribution in [0.5, 0.6) is 0 Å². The number of hydrogen-bond acceptors (Lipinski definition) is 2. The molecule has 0 aromatic carbocycles. The standard InChI is InChI=1S/C12H26N2O.2C2H6/c1-7-10(13-9-15)8-12(5,6)14-11(2,3)4;2*1-2/h9-10,14H,7-8H2,1-6H3,(H,13,15);2*1-2H3. The lowest BCUT2D eigenvalue weighted by Gasteiger charge is -2.37. The minimum atomic E-state index is 0.0366. The summed E-state index contributed by atoms with van der Waals surface area (Å²) in [7, 11) is 0. The maximum atomic E-state index is 10.4. The molecule has 1 amide bonds. The fraction of sp³-hybridized carbons (Fsp3) is 0.938. The Morgan fingerprint density at radius 2 is 1.42 bits per heavy atom. The van der Waals surface area contributed by atoms with E-state index >= 15 is 0 Å². The van der Waals surface area contributed by atoms with Gasteiger partial charge in [0.05, 0.1) is 0 Å². The zero-order chi connectivity index (χ0) is 16.1. The maximum Gasteiger partial charge on any atom is 0.207 e. The summed E-state index contributed by atoms with van der Waals surface area (Å²) in [6, 6.07) is 0.257. The van der Waals surface area contributed by atoms with E-state index in [1.807, 2.05) is 27.7 Å². The molecule has 19 heavy (non-hydrogen) atoms. The maximum absolute atomic E-state index is 10.4. The SMILES string of the molecule is CC.CC.CCC(CC(C)(C)NC(C)(C)C)NC=O. The number of hydrogen-bond donors (Lipinski definition) is 2. The first-order valence-electron chi connectivity index (χ1n) is 7.69. The second-order valence-corrected chi connectivity index (χ2v) is 5.85. The van der Waals surface area contributed by atoms with Crippen molar-refractivity contribution in [2.75, 3.05) is 0 Å². The third kappa shape index (κ3) is 17.4. The van der Waals surface area contributed by atoms with E-state index in [2.05, 4.69) is 52.2 Å². The highest BCUT2D eigenvalue weighted by Crippen LogP contribution is 2.17. The smallest absolute Gasteiger partial charge is 0.207 e. The van der Waals surface area contributed by atoms with Gasteiger partial charge in [0.15, 0.2) is 0 Å². The van der Waals surface area contributed by atoms with Crippen molar-refractivity contribution >= 4 is 6.41 Å². The van der Waals surface area contributed by atoms with Crippen molar-refractivity contribution in [3.63, 3.8) is 0 Å². The van der Waals surface area contributed by atoms with Gasteiger partial charge in [-0.2, -0.15) is 0 Å². The summed E-state index contributed by atoms with van der Waals surface area (Å²) < 4.78 is 0. The monoisotopic (exact) mass is 274 g/mol. The Labute approximate surface area is 121 Å². The van der Waals surface area contributed by atoms with E-state index in [1.54, 1.807) is 0 Å². The number of rotatable bonds is 6. The van der Waals surface area contributed by atoms with Crippen LogP contribution in [0.25, 0.3) is 0 Å². The first kappa shape index (κ1) is 23.5. The average Bonchev–Trinajstić information content (AvgIpc) is 2.30. The molecule has 2 N–H and O–H groups in total. The molecule has 0 aliphatic rings. The third-order valence-electron chi connectivity index (χ3n) is 2.27. The van der Waals surface area contributed by atoms with Crippen LogP contribution in [0.4, 0.5) is 0 Å². The van der Waals surface area contributed by atoms with Gasteiger partial charge in [-0.1, -0.05) is 34.6 Å². The Kier molecular flexibility index (Phi) is 15.4. The quantitative estimate of drug-likeness (QED) is 0.715. The lowest BCUT2D eigenvalue weighted by atomic mass is 9.91.